The highest BCUT2D eigenvalue weighted by atomic mass is 32.2. The van der Waals surface area contributed by atoms with Crippen molar-refractivity contribution in [2.75, 3.05) is 23.7 Å². The zero-order valence-corrected chi connectivity index (χ0v) is 11.8. The second-order valence-corrected chi connectivity index (χ2v) is 6.81. The van der Waals surface area contributed by atoms with E-state index in [4.69, 9.17) is 10.7 Å². The Hall–Kier alpha value is -0.740. The summed E-state index contributed by atoms with van der Waals surface area (Å²) in [6.07, 6.45) is 3.58. The molecule has 2 aliphatic rings. The Labute approximate surface area is 113 Å². The van der Waals surface area contributed by atoms with Crippen LogP contribution in [0.1, 0.15) is 30.2 Å². The van der Waals surface area contributed by atoms with Gasteiger partial charge in [-0.25, -0.2) is 4.98 Å². The van der Waals surface area contributed by atoms with Gasteiger partial charge < -0.3 is 10.6 Å². The molecule has 0 amide bonds. The summed E-state index contributed by atoms with van der Waals surface area (Å²) < 4.78 is 0. The molecule has 2 heterocycles. The van der Waals surface area contributed by atoms with E-state index in [2.05, 4.69) is 29.7 Å². The number of fused-ring (bicyclic) bond motifs is 1. The first-order valence-electron chi connectivity index (χ1n) is 6.86. The minimum absolute atomic E-state index is 0.605. The second-order valence-electron chi connectivity index (χ2n) is 5.26. The van der Waals surface area contributed by atoms with Crippen LogP contribution in [0, 0.1) is 0 Å². The Bertz CT molecular complexity index is 447. The first-order valence-corrected chi connectivity index (χ1v) is 7.91. The fourth-order valence-corrected chi connectivity index (χ4v) is 3.96. The molecule has 1 atom stereocenters. The molecule has 1 aliphatic carbocycles. The van der Waals surface area contributed by atoms with Gasteiger partial charge in [0.25, 0.3) is 0 Å². The van der Waals surface area contributed by atoms with E-state index >= 15 is 0 Å². The van der Waals surface area contributed by atoms with Crippen LogP contribution in [0.2, 0.25) is 0 Å². The van der Waals surface area contributed by atoms with Crippen LogP contribution in [-0.4, -0.2) is 29.1 Å². The van der Waals surface area contributed by atoms with E-state index in [1.54, 1.807) is 0 Å². The molecule has 4 heteroatoms. The summed E-state index contributed by atoms with van der Waals surface area (Å²) >= 11 is 2.05. The maximum Gasteiger partial charge on any atom is 0.133 e. The van der Waals surface area contributed by atoms with Crippen LogP contribution in [-0.2, 0) is 19.4 Å². The molecule has 0 saturated carbocycles. The predicted octanol–water partition coefficient (Wildman–Crippen LogP) is 1.97. The van der Waals surface area contributed by atoms with Crippen molar-refractivity contribution in [3.8, 4) is 0 Å². The average molecular weight is 263 g/mol. The van der Waals surface area contributed by atoms with Crippen LogP contribution in [0.4, 0.5) is 5.82 Å². The van der Waals surface area contributed by atoms with Crippen molar-refractivity contribution in [2.45, 2.75) is 38.0 Å². The molecule has 0 bridgehead atoms. The maximum atomic E-state index is 5.91. The molecule has 2 N–H and O–H groups in total. The molecule has 1 saturated heterocycles. The smallest absolute Gasteiger partial charge is 0.133 e. The molecule has 0 aromatic carbocycles. The van der Waals surface area contributed by atoms with Gasteiger partial charge in [0.15, 0.2) is 0 Å². The number of hydrogen-bond acceptors (Lipinski definition) is 4. The van der Waals surface area contributed by atoms with Crippen LogP contribution in [0.5, 0.6) is 0 Å². The van der Waals surface area contributed by atoms with Gasteiger partial charge in [-0.05, 0) is 30.9 Å². The van der Waals surface area contributed by atoms with Crippen LogP contribution in [0.15, 0.2) is 6.07 Å². The summed E-state index contributed by atoms with van der Waals surface area (Å²) in [5.41, 5.74) is 9.89. The van der Waals surface area contributed by atoms with Gasteiger partial charge in [-0.3, -0.25) is 0 Å². The van der Waals surface area contributed by atoms with E-state index in [0.717, 1.165) is 25.3 Å². The zero-order chi connectivity index (χ0) is 12.5. The van der Waals surface area contributed by atoms with Gasteiger partial charge in [0.05, 0.1) is 0 Å². The van der Waals surface area contributed by atoms with Crippen LogP contribution < -0.4 is 10.6 Å². The average Bonchev–Trinajstić information content (AvgIpc) is 2.84. The molecular weight excluding hydrogens is 242 g/mol. The standard InChI is InChI=1S/C14H21N3S/c1-10-9-17(5-6-18-10)14-12(8-15)7-11-3-2-4-13(11)16-14/h7,10H,2-6,8-9,15H2,1H3. The van der Waals surface area contributed by atoms with Gasteiger partial charge in [0.1, 0.15) is 5.82 Å². The number of nitrogens with two attached hydrogens (primary N) is 1. The van der Waals surface area contributed by atoms with E-state index in [1.165, 1.54) is 35.4 Å². The molecule has 1 unspecified atom stereocenters. The fraction of sp³-hybridized carbons (Fsp3) is 0.643. The minimum Gasteiger partial charge on any atom is -0.354 e. The molecule has 1 aliphatic heterocycles. The van der Waals surface area contributed by atoms with E-state index in [9.17, 15) is 0 Å². The predicted molar refractivity (Wildman–Crippen MR) is 78.3 cm³/mol. The Morgan fingerprint density at radius 1 is 1.50 bits per heavy atom. The van der Waals surface area contributed by atoms with Crippen LogP contribution in [0.3, 0.4) is 0 Å². The third-order valence-electron chi connectivity index (χ3n) is 3.87. The van der Waals surface area contributed by atoms with Crippen molar-refractivity contribution >= 4 is 17.6 Å². The highest BCUT2D eigenvalue weighted by Crippen LogP contribution is 2.29. The molecule has 1 aromatic heterocycles. The van der Waals surface area contributed by atoms with Gasteiger partial charge >= 0.3 is 0 Å². The number of aromatic nitrogens is 1. The Balaban J connectivity index is 1.94. The monoisotopic (exact) mass is 263 g/mol. The van der Waals surface area contributed by atoms with Crippen molar-refractivity contribution in [2.24, 2.45) is 5.73 Å². The number of anilines is 1. The number of rotatable bonds is 2. The first kappa shape index (κ1) is 12.3. The minimum atomic E-state index is 0.605. The Kier molecular flexibility index (Phi) is 3.48. The molecule has 0 spiro atoms. The summed E-state index contributed by atoms with van der Waals surface area (Å²) in [4.78, 5) is 7.35. The molecule has 1 fully saturated rings. The Morgan fingerprint density at radius 3 is 3.17 bits per heavy atom. The second kappa shape index (κ2) is 5.10. The van der Waals surface area contributed by atoms with Crippen molar-refractivity contribution in [1.82, 2.24) is 4.98 Å². The van der Waals surface area contributed by atoms with Crippen molar-refractivity contribution < 1.29 is 0 Å². The van der Waals surface area contributed by atoms with Gasteiger partial charge in [0, 0.05) is 41.9 Å². The van der Waals surface area contributed by atoms with Gasteiger partial charge in [-0.2, -0.15) is 11.8 Å². The number of aryl methyl sites for hydroxylation is 2. The topological polar surface area (TPSA) is 42.2 Å². The highest BCUT2D eigenvalue weighted by molar-refractivity contribution is 8.00. The lowest BCUT2D eigenvalue weighted by atomic mass is 10.1. The summed E-state index contributed by atoms with van der Waals surface area (Å²) in [6, 6.07) is 2.30. The SMILES string of the molecule is CC1CN(c2nc3c(cc2CN)CCC3)CCS1. The molecular formula is C14H21N3S. The molecule has 18 heavy (non-hydrogen) atoms. The maximum absolute atomic E-state index is 5.91. The summed E-state index contributed by atoms with van der Waals surface area (Å²) in [5, 5.41) is 0.694. The normalized spacial score (nSPS) is 23.2. The van der Waals surface area contributed by atoms with Crippen LogP contribution in [0.25, 0.3) is 0 Å². The molecule has 1 aromatic rings. The van der Waals surface area contributed by atoms with Gasteiger partial charge in [-0.1, -0.05) is 6.92 Å². The third-order valence-corrected chi connectivity index (χ3v) is 5.00. The lowest BCUT2D eigenvalue weighted by Crippen LogP contribution is -2.38. The summed E-state index contributed by atoms with van der Waals surface area (Å²) in [7, 11) is 0. The van der Waals surface area contributed by atoms with Gasteiger partial charge in [-0.15, -0.1) is 0 Å². The molecule has 3 nitrogen and oxygen atoms in total. The number of thioether (sulfide) groups is 1. The van der Waals surface area contributed by atoms with Crippen molar-refractivity contribution in [1.29, 1.82) is 0 Å². The lowest BCUT2D eigenvalue weighted by Gasteiger charge is -2.33. The first-order chi connectivity index (χ1) is 8.78. The van der Waals surface area contributed by atoms with E-state index in [-0.39, 0.29) is 0 Å². The zero-order valence-electron chi connectivity index (χ0n) is 11.0. The number of pyridine rings is 1. The summed E-state index contributed by atoms with van der Waals surface area (Å²) in [5.74, 6) is 2.36. The number of nitrogens with zero attached hydrogens (tertiary/aromatic N) is 2. The quantitative estimate of drug-likeness (QED) is 0.886. The van der Waals surface area contributed by atoms with E-state index in [1.807, 2.05) is 0 Å². The van der Waals surface area contributed by atoms with Gasteiger partial charge in [0.2, 0.25) is 0 Å². The Morgan fingerprint density at radius 2 is 2.39 bits per heavy atom. The molecule has 3 rings (SSSR count). The van der Waals surface area contributed by atoms with Crippen molar-refractivity contribution in [3.63, 3.8) is 0 Å². The molecule has 0 radical (unpaired) electrons. The summed E-state index contributed by atoms with van der Waals surface area (Å²) in [6.45, 7) is 5.11. The third kappa shape index (κ3) is 2.24. The fourth-order valence-electron chi connectivity index (χ4n) is 2.94. The van der Waals surface area contributed by atoms with Crippen molar-refractivity contribution in [3.05, 3.63) is 22.9 Å². The lowest BCUT2D eigenvalue weighted by molar-refractivity contribution is 0.758. The largest absolute Gasteiger partial charge is 0.354 e. The van der Waals surface area contributed by atoms with E-state index in [0.29, 0.717) is 11.8 Å². The van der Waals surface area contributed by atoms with Crippen LogP contribution >= 0.6 is 11.8 Å². The van der Waals surface area contributed by atoms with E-state index < -0.39 is 0 Å². The highest BCUT2D eigenvalue weighted by Gasteiger charge is 2.23. The number of hydrogen-bond donors (Lipinski definition) is 1. The molecule has 98 valence electrons.